The highest BCUT2D eigenvalue weighted by molar-refractivity contribution is 5.63. The molecule has 0 atom stereocenters. The summed E-state index contributed by atoms with van der Waals surface area (Å²) in [6.45, 7) is 0. The molecule has 0 saturated carbocycles. The molecule has 0 aliphatic heterocycles. The molecule has 0 N–H and O–H groups in total. The number of aromatic nitrogens is 1. The number of rotatable bonds is 5. The van der Waals surface area contributed by atoms with Crippen molar-refractivity contribution in [2.75, 3.05) is 7.11 Å². The first-order chi connectivity index (χ1) is 10.9. The third-order valence-electron chi connectivity index (χ3n) is 3.80. The topological polar surface area (TPSA) is 22.1 Å². The Bertz CT molecular complexity index is 720. The average molecular weight is 289 g/mol. The second-order valence-electron chi connectivity index (χ2n) is 5.22. The van der Waals surface area contributed by atoms with Crippen LogP contribution in [0.1, 0.15) is 11.1 Å². The van der Waals surface area contributed by atoms with Crippen LogP contribution in [0.5, 0.6) is 5.75 Å². The van der Waals surface area contributed by atoms with Gasteiger partial charge in [0.15, 0.2) is 0 Å². The fourth-order valence-electron chi connectivity index (χ4n) is 2.58. The SMILES string of the molecule is COc1ccc(CCc2ccccc2-c2ccccn2)cc1. The molecule has 0 unspecified atom stereocenters. The third kappa shape index (κ3) is 3.34. The minimum atomic E-state index is 0.901. The van der Waals surface area contributed by atoms with Crippen LogP contribution in [0.3, 0.4) is 0 Å². The van der Waals surface area contributed by atoms with E-state index in [0.29, 0.717) is 0 Å². The number of ether oxygens (including phenoxy) is 1. The van der Waals surface area contributed by atoms with Crippen molar-refractivity contribution in [1.82, 2.24) is 4.98 Å². The Labute approximate surface area is 131 Å². The highest BCUT2D eigenvalue weighted by Crippen LogP contribution is 2.23. The maximum Gasteiger partial charge on any atom is 0.118 e. The Morgan fingerprint density at radius 2 is 1.59 bits per heavy atom. The van der Waals surface area contributed by atoms with Crippen LogP contribution < -0.4 is 4.74 Å². The lowest BCUT2D eigenvalue weighted by molar-refractivity contribution is 0.414. The summed E-state index contributed by atoms with van der Waals surface area (Å²) in [6.07, 6.45) is 3.85. The first-order valence-corrected chi connectivity index (χ1v) is 7.49. The van der Waals surface area contributed by atoms with Gasteiger partial charge < -0.3 is 4.74 Å². The normalized spacial score (nSPS) is 10.4. The van der Waals surface area contributed by atoms with Crippen LogP contribution in [0.2, 0.25) is 0 Å². The third-order valence-corrected chi connectivity index (χ3v) is 3.80. The van der Waals surface area contributed by atoms with Crippen molar-refractivity contribution in [3.63, 3.8) is 0 Å². The highest BCUT2D eigenvalue weighted by atomic mass is 16.5. The van der Waals surface area contributed by atoms with Crippen LogP contribution in [0.25, 0.3) is 11.3 Å². The smallest absolute Gasteiger partial charge is 0.118 e. The number of benzene rings is 2. The lowest BCUT2D eigenvalue weighted by Crippen LogP contribution is -1.95. The molecule has 1 aromatic heterocycles. The average Bonchev–Trinajstić information content (AvgIpc) is 2.61. The molecule has 0 bridgehead atoms. The molecule has 0 saturated heterocycles. The fourth-order valence-corrected chi connectivity index (χ4v) is 2.58. The second-order valence-corrected chi connectivity index (χ2v) is 5.22. The molecular weight excluding hydrogens is 270 g/mol. The Hall–Kier alpha value is -2.61. The van der Waals surface area contributed by atoms with Gasteiger partial charge in [-0.3, -0.25) is 4.98 Å². The van der Waals surface area contributed by atoms with E-state index in [-0.39, 0.29) is 0 Å². The second kappa shape index (κ2) is 6.90. The van der Waals surface area contributed by atoms with Crippen molar-refractivity contribution in [2.45, 2.75) is 12.8 Å². The predicted molar refractivity (Wildman–Crippen MR) is 90.1 cm³/mol. The lowest BCUT2D eigenvalue weighted by atomic mass is 9.98. The Kier molecular flexibility index (Phi) is 4.50. The molecule has 3 rings (SSSR count). The van der Waals surface area contributed by atoms with Gasteiger partial charge in [0.2, 0.25) is 0 Å². The Morgan fingerprint density at radius 3 is 2.32 bits per heavy atom. The Balaban J connectivity index is 1.78. The van der Waals surface area contributed by atoms with Gasteiger partial charge in [-0.15, -0.1) is 0 Å². The zero-order chi connectivity index (χ0) is 15.2. The van der Waals surface area contributed by atoms with Crippen molar-refractivity contribution < 1.29 is 4.74 Å². The van der Waals surface area contributed by atoms with Crippen LogP contribution in [0, 0.1) is 0 Å². The van der Waals surface area contributed by atoms with Crippen LogP contribution in [0.4, 0.5) is 0 Å². The quantitative estimate of drug-likeness (QED) is 0.688. The van der Waals surface area contributed by atoms with Crippen LogP contribution >= 0.6 is 0 Å². The molecule has 3 aromatic rings. The van der Waals surface area contributed by atoms with E-state index in [9.17, 15) is 0 Å². The minimum Gasteiger partial charge on any atom is -0.497 e. The summed E-state index contributed by atoms with van der Waals surface area (Å²) in [4.78, 5) is 4.47. The molecule has 2 nitrogen and oxygen atoms in total. The molecule has 110 valence electrons. The number of hydrogen-bond donors (Lipinski definition) is 0. The van der Waals surface area contributed by atoms with E-state index >= 15 is 0 Å². The van der Waals surface area contributed by atoms with E-state index in [1.54, 1.807) is 7.11 Å². The standard InChI is InChI=1S/C20H19NO/c1-22-18-13-10-16(11-14-18)9-12-17-6-2-3-7-19(17)20-8-4-5-15-21-20/h2-8,10-11,13-15H,9,12H2,1H3. The lowest BCUT2D eigenvalue weighted by Gasteiger charge is -2.09. The van der Waals surface area contributed by atoms with Gasteiger partial charge in [0.25, 0.3) is 0 Å². The van der Waals surface area contributed by atoms with E-state index in [0.717, 1.165) is 24.3 Å². The van der Waals surface area contributed by atoms with Gasteiger partial charge in [-0.05, 0) is 48.2 Å². The van der Waals surface area contributed by atoms with Crippen molar-refractivity contribution in [3.8, 4) is 17.0 Å². The molecule has 1 heterocycles. The highest BCUT2D eigenvalue weighted by Gasteiger charge is 2.05. The summed E-state index contributed by atoms with van der Waals surface area (Å²) in [5.74, 6) is 0.901. The van der Waals surface area contributed by atoms with Gasteiger partial charge in [0.05, 0.1) is 12.8 Å². The molecule has 22 heavy (non-hydrogen) atoms. The molecular formula is C20H19NO. The summed E-state index contributed by atoms with van der Waals surface area (Å²) in [6, 6.07) is 22.8. The predicted octanol–water partition coefficient (Wildman–Crippen LogP) is 4.54. The van der Waals surface area contributed by atoms with Gasteiger partial charge in [0.1, 0.15) is 5.75 Å². The van der Waals surface area contributed by atoms with Crippen molar-refractivity contribution >= 4 is 0 Å². The largest absolute Gasteiger partial charge is 0.497 e. The maximum absolute atomic E-state index is 5.20. The van der Waals surface area contributed by atoms with E-state index < -0.39 is 0 Å². The monoisotopic (exact) mass is 289 g/mol. The summed E-state index contributed by atoms with van der Waals surface area (Å²) >= 11 is 0. The van der Waals surface area contributed by atoms with Crippen molar-refractivity contribution in [1.29, 1.82) is 0 Å². The van der Waals surface area contributed by atoms with E-state index in [1.807, 2.05) is 30.5 Å². The number of hydrogen-bond acceptors (Lipinski definition) is 2. The maximum atomic E-state index is 5.20. The zero-order valence-corrected chi connectivity index (χ0v) is 12.7. The number of nitrogens with zero attached hydrogens (tertiary/aromatic N) is 1. The minimum absolute atomic E-state index is 0.901. The van der Waals surface area contributed by atoms with Crippen molar-refractivity contribution in [3.05, 3.63) is 84.1 Å². The van der Waals surface area contributed by atoms with E-state index in [1.165, 1.54) is 16.7 Å². The Morgan fingerprint density at radius 1 is 0.818 bits per heavy atom. The van der Waals surface area contributed by atoms with Crippen molar-refractivity contribution in [2.24, 2.45) is 0 Å². The summed E-state index contributed by atoms with van der Waals surface area (Å²) < 4.78 is 5.20. The fraction of sp³-hybridized carbons (Fsp3) is 0.150. The van der Waals surface area contributed by atoms with Gasteiger partial charge in [-0.2, -0.15) is 0 Å². The van der Waals surface area contributed by atoms with Gasteiger partial charge in [0, 0.05) is 11.8 Å². The molecule has 2 heteroatoms. The van der Waals surface area contributed by atoms with E-state index in [4.69, 9.17) is 4.74 Å². The summed E-state index contributed by atoms with van der Waals surface area (Å²) in [5.41, 5.74) is 4.90. The molecule has 0 spiro atoms. The van der Waals surface area contributed by atoms with Gasteiger partial charge in [-0.25, -0.2) is 0 Å². The molecule has 0 aliphatic carbocycles. The number of pyridine rings is 1. The first kappa shape index (κ1) is 14.3. The molecule has 0 radical (unpaired) electrons. The zero-order valence-electron chi connectivity index (χ0n) is 12.7. The molecule has 0 amide bonds. The first-order valence-electron chi connectivity index (χ1n) is 7.49. The van der Waals surface area contributed by atoms with E-state index in [2.05, 4.69) is 47.4 Å². The van der Waals surface area contributed by atoms with Crippen LogP contribution in [-0.2, 0) is 12.8 Å². The number of methoxy groups -OCH3 is 1. The molecule has 0 aliphatic rings. The molecule has 2 aromatic carbocycles. The number of aryl methyl sites for hydroxylation is 2. The van der Waals surface area contributed by atoms with Gasteiger partial charge >= 0.3 is 0 Å². The van der Waals surface area contributed by atoms with Gasteiger partial charge in [-0.1, -0.05) is 42.5 Å². The summed E-state index contributed by atoms with van der Waals surface area (Å²) in [7, 11) is 1.69. The van der Waals surface area contributed by atoms with Crippen LogP contribution in [-0.4, -0.2) is 12.1 Å². The molecule has 0 fully saturated rings. The van der Waals surface area contributed by atoms with Crippen LogP contribution in [0.15, 0.2) is 72.9 Å². The summed E-state index contributed by atoms with van der Waals surface area (Å²) in [5, 5.41) is 0.